The van der Waals surface area contributed by atoms with Gasteiger partial charge in [0.25, 0.3) is 0 Å². The standard InChI is InChI=1S/C17H27N3O/c1-12(2)14(4)19-17(21)11-20-10-13(3)18-9-15-7-5-6-8-16(15)20/h5-8,12-14,18H,9-11H2,1-4H3,(H,19,21). The van der Waals surface area contributed by atoms with E-state index < -0.39 is 0 Å². The Morgan fingerprint density at radius 3 is 2.81 bits per heavy atom. The van der Waals surface area contributed by atoms with Gasteiger partial charge in [0.15, 0.2) is 0 Å². The maximum Gasteiger partial charge on any atom is 0.239 e. The third-order valence-corrected chi connectivity index (χ3v) is 4.19. The largest absolute Gasteiger partial charge is 0.360 e. The van der Waals surface area contributed by atoms with Gasteiger partial charge in [0.05, 0.1) is 6.54 Å². The van der Waals surface area contributed by atoms with E-state index in [1.54, 1.807) is 0 Å². The number of nitrogens with zero attached hydrogens (tertiary/aromatic N) is 1. The van der Waals surface area contributed by atoms with Gasteiger partial charge >= 0.3 is 0 Å². The summed E-state index contributed by atoms with van der Waals surface area (Å²) in [5.41, 5.74) is 2.42. The van der Waals surface area contributed by atoms with Crippen molar-refractivity contribution < 1.29 is 4.79 Å². The van der Waals surface area contributed by atoms with Crippen LogP contribution in [0, 0.1) is 5.92 Å². The first-order valence-electron chi connectivity index (χ1n) is 7.83. The molecule has 0 saturated carbocycles. The fourth-order valence-corrected chi connectivity index (χ4v) is 2.54. The van der Waals surface area contributed by atoms with Gasteiger partial charge in [0.2, 0.25) is 5.91 Å². The molecule has 0 aromatic heterocycles. The van der Waals surface area contributed by atoms with Gasteiger partial charge in [-0.2, -0.15) is 0 Å². The van der Waals surface area contributed by atoms with Crippen LogP contribution in [0.1, 0.15) is 33.3 Å². The Morgan fingerprint density at radius 2 is 2.10 bits per heavy atom. The molecule has 0 bridgehead atoms. The molecule has 0 saturated heterocycles. The fourth-order valence-electron chi connectivity index (χ4n) is 2.54. The molecule has 1 aromatic carbocycles. The van der Waals surface area contributed by atoms with E-state index in [0.29, 0.717) is 18.5 Å². The molecule has 1 aromatic rings. The molecule has 0 spiro atoms. The lowest BCUT2D eigenvalue weighted by Crippen LogP contribution is -2.45. The van der Waals surface area contributed by atoms with E-state index in [9.17, 15) is 4.79 Å². The van der Waals surface area contributed by atoms with Gasteiger partial charge in [-0.25, -0.2) is 0 Å². The highest BCUT2D eigenvalue weighted by Gasteiger charge is 2.21. The monoisotopic (exact) mass is 289 g/mol. The average Bonchev–Trinajstić information content (AvgIpc) is 2.59. The van der Waals surface area contributed by atoms with Gasteiger partial charge in [-0.05, 0) is 31.4 Å². The van der Waals surface area contributed by atoms with Crippen molar-refractivity contribution in [3.63, 3.8) is 0 Å². The zero-order valence-corrected chi connectivity index (χ0v) is 13.5. The van der Waals surface area contributed by atoms with Crippen LogP contribution in [-0.2, 0) is 11.3 Å². The van der Waals surface area contributed by atoms with Crippen molar-refractivity contribution in [1.29, 1.82) is 0 Å². The van der Waals surface area contributed by atoms with Crippen LogP contribution in [0.3, 0.4) is 0 Å². The number of hydrogen-bond donors (Lipinski definition) is 2. The van der Waals surface area contributed by atoms with E-state index in [1.807, 2.05) is 6.07 Å². The smallest absolute Gasteiger partial charge is 0.239 e. The zero-order valence-electron chi connectivity index (χ0n) is 13.5. The Kier molecular flexibility index (Phi) is 5.23. The molecule has 116 valence electrons. The zero-order chi connectivity index (χ0) is 15.4. The van der Waals surface area contributed by atoms with E-state index in [1.165, 1.54) is 11.3 Å². The van der Waals surface area contributed by atoms with E-state index in [-0.39, 0.29) is 11.9 Å². The number of amides is 1. The SMILES string of the molecule is CC1CN(CC(=O)NC(C)C(C)C)c2ccccc2CN1. The highest BCUT2D eigenvalue weighted by molar-refractivity contribution is 5.82. The third kappa shape index (κ3) is 4.21. The Bertz CT molecular complexity index is 487. The molecule has 2 rings (SSSR count). The molecule has 0 fully saturated rings. The number of fused-ring (bicyclic) bond motifs is 1. The Hall–Kier alpha value is -1.55. The molecule has 2 N–H and O–H groups in total. The molecule has 21 heavy (non-hydrogen) atoms. The molecule has 1 aliphatic heterocycles. The minimum atomic E-state index is 0.0973. The Labute approximate surface area is 127 Å². The second kappa shape index (κ2) is 6.94. The van der Waals surface area contributed by atoms with Gasteiger partial charge in [-0.15, -0.1) is 0 Å². The molecule has 4 heteroatoms. The van der Waals surface area contributed by atoms with Crippen LogP contribution < -0.4 is 15.5 Å². The summed E-state index contributed by atoms with van der Waals surface area (Å²) in [5, 5.41) is 6.58. The quantitative estimate of drug-likeness (QED) is 0.892. The predicted octanol–water partition coefficient (Wildman–Crippen LogP) is 2.15. The van der Waals surface area contributed by atoms with Gasteiger partial charge in [-0.1, -0.05) is 32.0 Å². The lowest BCUT2D eigenvalue weighted by molar-refractivity contribution is -0.120. The predicted molar refractivity (Wildman–Crippen MR) is 87.4 cm³/mol. The second-order valence-electron chi connectivity index (χ2n) is 6.39. The summed E-state index contributed by atoms with van der Waals surface area (Å²) in [4.78, 5) is 14.5. The van der Waals surface area contributed by atoms with Gasteiger partial charge in [0, 0.05) is 30.9 Å². The molecule has 2 atom stereocenters. The molecule has 0 radical (unpaired) electrons. The van der Waals surface area contributed by atoms with Gasteiger partial charge < -0.3 is 15.5 Å². The Morgan fingerprint density at radius 1 is 1.38 bits per heavy atom. The van der Waals surface area contributed by atoms with Crippen LogP contribution in [0.25, 0.3) is 0 Å². The number of anilines is 1. The second-order valence-corrected chi connectivity index (χ2v) is 6.39. The number of rotatable bonds is 4. The molecule has 0 aliphatic carbocycles. The lowest BCUT2D eigenvalue weighted by Gasteiger charge is -2.27. The third-order valence-electron chi connectivity index (χ3n) is 4.19. The van der Waals surface area contributed by atoms with Crippen molar-refractivity contribution in [3.8, 4) is 0 Å². The van der Waals surface area contributed by atoms with E-state index in [2.05, 4.69) is 61.4 Å². The van der Waals surface area contributed by atoms with E-state index in [4.69, 9.17) is 0 Å². The van der Waals surface area contributed by atoms with Crippen molar-refractivity contribution in [2.45, 2.75) is 46.3 Å². The van der Waals surface area contributed by atoms with Crippen LogP contribution in [0.2, 0.25) is 0 Å². The normalized spacial score (nSPS) is 19.9. The summed E-state index contributed by atoms with van der Waals surface area (Å²) in [6.45, 7) is 10.6. The summed E-state index contributed by atoms with van der Waals surface area (Å²) in [6, 6.07) is 8.89. The topological polar surface area (TPSA) is 44.4 Å². The summed E-state index contributed by atoms with van der Waals surface area (Å²) < 4.78 is 0. The van der Waals surface area contributed by atoms with Crippen molar-refractivity contribution in [3.05, 3.63) is 29.8 Å². The van der Waals surface area contributed by atoms with Crippen LogP contribution in [0.5, 0.6) is 0 Å². The Balaban J connectivity index is 2.09. The van der Waals surface area contributed by atoms with Crippen LogP contribution in [0.15, 0.2) is 24.3 Å². The first-order chi connectivity index (χ1) is 9.97. The van der Waals surface area contributed by atoms with Crippen molar-refractivity contribution >= 4 is 11.6 Å². The molecule has 2 unspecified atom stereocenters. The minimum absolute atomic E-state index is 0.0973. The van der Waals surface area contributed by atoms with Crippen molar-refractivity contribution in [2.24, 2.45) is 5.92 Å². The molecule has 1 aliphatic rings. The summed E-state index contributed by atoms with van der Waals surface area (Å²) in [7, 11) is 0. The molecular weight excluding hydrogens is 262 g/mol. The number of hydrogen-bond acceptors (Lipinski definition) is 3. The molecule has 1 heterocycles. The summed E-state index contributed by atoms with van der Waals surface area (Å²) in [5.74, 6) is 0.547. The van der Waals surface area contributed by atoms with Crippen LogP contribution in [-0.4, -0.2) is 31.1 Å². The van der Waals surface area contributed by atoms with E-state index >= 15 is 0 Å². The van der Waals surface area contributed by atoms with Gasteiger partial charge in [0.1, 0.15) is 0 Å². The molecular formula is C17H27N3O. The highest BCUT2D eigenvalue weighted by atomic mass is 16.2. The lowest BCUT2D eigenvalue weighted by atomic mass is 10.1. The van der Waals surface area contributed by atoms with Crippen molar-refractivity contribution in [2.75, 3.05) is 18.0 Å². The maximum absolute atomic E-state index is 12.3. The summed E-state index contributed by atoms with van der Waals surface area (Å²) >= 11 is 0. The first-order valence-corrected chi connectivity index (χ1v) is 7.83. The maximum atomic E-state index is 12.3. The molecule has 4 nitrogen and oxygen atoms in total. The first kappa shape index (κ1) is 15.8. The highest BCUT2D eigenvalue weighted by Crippen LogP contribution is 2.23. The fraction of sp³-hybridized carbons (Fsp3) is 0.588. The minimum Gasteiger partial charge on any atom is -0.360 e. The molecule has 1 amide bonds. The summed E-state index contributed by atoms with van der Waals surface area (Å²) in [6.07, 6.45) is 0. The number of carbonyl (C=O) groups excluding carboxylic acids is 1. The van der Waals surface area contributed by atoms with E-state index in [0.717, 1.165) is 13.1 Å². The van der Waals surface area contributed by atoms with Crippen LogP contribution >= 0.6 is 0 Å². The van der Waals surface area contributed by atoms with Crippen LogP contribution in [0.4, 0.5) is 5.69 Å². The van der Waals surface area contributed by atoms with Gasteiger partial charge in [-0.3, -0.25) is 4.79 Å². The number of nitrogens with one attached hydrogen (secondary N) is 2. The number of para-hydroxylation sites is 1. The number of benzene rings is 1. The number of carbonyl (C=O) groups is 1. The average molecular weight is 289 g/mol. The van der Waals surface area contributed by atoms with Crippen molar-refractivity contribution in [1.82, 2.24) is 10.6 Å².